The maximum absolute atomic E-state index is 13.0. The minimum Gasteiger partial charge on any atom is -0.478 e. The van der Waals surface area contributed by atoms with Crippen LogP contribution in [-0.2, 0) is 0 Å². The van der Waals surface area contributed by atoms with E-state index in [1.54, 1.807) is 0 Å². The number of carbonyl (C=O) groups is 1. The second-order valence-electron chi connectivity index (χ2n) is 3.70. The molecule has 0 radical (unpaired) electrons. The number of alkyl halides is 1. The number of hydrogen-bond donors (Lipinski definition) is 1. The van der Waals surface area contributed by atoms with E-state index in [0.717, 1.165) is 0 Å². The Labute approximate surface area is 86.7 Å². The molecule has 0 aliphatic carbocycles. The highest BCUT2D eigenvalue weighted by molar-refractivity contribution is 5.87. The topological polar surface area (TPSA) is 59.4 Å². The van der Waals surface area contributed by atoms with Crippen molar-refractivity contribution in [2.24, 2.45) is 0 Å². The number of pyridine rings is 1. The average Bonchev–Trinajstić information content (AvgIpc) is 2.14. The van der Waals surface area contributed by atoms with Gasteiger partial charge in [0.15, 0.2) is 0 Å². The van der Waals surface area contributed by atoms with Crippen molar-refractivity contribution in [3.05, 3.63) is 23.9 Å². The van der Waals surface area contributed by atoms with Gasteiger partial charge in [-0.3, -0.25) is 0 Å². The summed E-state index contributed by atoms with van der Waals surface area (Å²) in [6, 6.07) is 2.76. The van der Waals surface area contributed by atoms with E-state index in [0.29, 0.717) is 0 Å². The van der Waals surface area contributed by atoms with Gasteiger partial charge in [0.1, 0.15) is 12.3 Å². The number of carboxylic acids is 1. The second kappa shape index (κ2) is 4.25. The van der Waals surface area contributed by atoms with Crippen molar-refractivity contribution in [1.29, 1.82) is 0 Å². The summed E-state index contributed by atoms with van der Waals surface area (Å²) in [6.45, 7) is 2.66. The van der Waals surface area contributed by atoms with Crippen LogP contribution >= 0.6 is 0 Å². The van der Waals surface area contributed by atoms with E-state index in [1.165, 1.54) is 32.2 Å². The van der Waals surface area contributed by atoms with Crippen LogP contribution in [0.15, 0.2) is 18.3 Å². The number of hydrogen-bond acceptors (Lipinski definition) is 3. The van der Waals surface area contributed by atoms with Crippen molar-refractivity contribution in [3.63, 3.8) is 0 Å². The maximum atomic E-state index is 13.0. The number of nitrogens with zero attached hydrogens (tertiary/aromatic N) is 1. The number of aromatic carboxylic acids is 1. The summed E-state index contributed by atoms with van der Waals surface area (Å²) in [7, 11) is 0. The summed E-state index contributed by atoms with van der Waals surface area (Å²) in [5.74, 6) is -0.842. The third-order valence-corrected chi connectivity index (χ3v) is 1.55. The molecule has 1 aromatic rings. The van der Waals surface area contributed by atoms with Crippen LogP contribution < -0.4 is 4.74 Å². The number of carboxylic acid groups (broad SMARTS) is 1. The normalized spacial score (nSPS) is 11.1. The molecule has 0 spiro atoms. The Morgan fingerprint density at radius 2 is 2.27 bits per heavy atom. The largest absolute Gasteiger partial charge is 0.478 e. The Bertz CT molecular complexity index is 343. The van der Waals surface area contributed by atoms with Gasteiger partial charge < -0.3 is 9.84 Å². The lowest BCUT2D eigenvalue weighted by atomic mass is 10.2. The van der Waals surface area contributed by atoms with Gasteiger partial charge in [0.2, 0.25) is 5.88 Å². The van der Waals surface area contributed by atoms with Gasteiger partial charge in [-0.05, 0) is 19.9 Å². The standard InChI is InChI=1S/C10H12FNO3/c1-10(2,11)6-15-8-4-3-7(5-12-8)9(13)14/h3-5H,6H2,1-2H3,(H,13,14). The predicted octanol–water partition coefficient (Wildman–Crippen LogP) is 1.91. The molecular weight excluding hydrogens is 201 g/mol. The third-order valence-electron chi connectivity index (χ3n) is 1.55. The van der Waals surface area contributed by atoms with Crippen LogP contribution in [0.1, 0.15) is 24.2 Å². The quantitative estimate of drug-likeness (QED) is 0.829. The van der Waals surface area contributed by atoms with Crippen molar-refractivity contribution in [1.82, 2.24) is 4.98 Å². The zero-order chi connectivity index (χ0) is 11.5. The van der Waals surface area contributed by atoms with Crippen LogP contribution in [0.3, 0.4) is 0 Å². The second-order valence-corrected chi connectivity index (χ2v) is 3.70. The highest BCUT2D eigenvalue weighted by atomic mass is 19.1. The smallest absolute Gasteiger partial charge is 0.337 e. The van der Waals surface area contributed by atoms with Gasteiger partial charge in [-0.1, -0.05) is 0 Å². The lowest BCUT2D eigenvalue weighted by molar-refractivity contribution is 0.0696. The molecule has 0 bridgehead atoms. The average molecular weight is 213 g/mol. The number of aromatic nitrogens is 1. The molecule has 15 heavy (non-hydrogen) atoms. The summed E-state index contributed by atoms with van der Waals surface area (Å²) in [4.78, 5) is 14.2. The summed E-state index contributed by atoms with van der Waals surface area (Å²) in [6.07, 6.45) is 1.17. The first-order chi connectivity index (χ1) is 6.88. The van der Waals surface area contributed by atoms with Gasteiger partial charge in [0.05, 0.1) is 5.56 Å². The summed E-state index contributed by atoms with van der Waals surface area (Å²) >= 11 is 0. The van der Waals surface area contributed by atoms with Crippen molar-refractivity contribution < 1.29 is 19.0 Å². The van der Waals surface area contributed by atoms with Gasteiger partial charge in [-0.2, -0.15) is 0 Å². The summed E-state index contributed by atoms with van der Waals surface area (Å²) in [5, 5.41) is 8.59. The molecule has 82 valence electrons. The first kappa shape index (κ1) is 11.4. The molecular formula is C10H12FNO3. The first-order valence-electron chi connectivity index (χ1n) is 4.39. The van der Waals surface area contributed by atoms with Crippen LogP contribution in [0.25, 0.3) is 0 Å². The fraction of sp³-hybridized carbons (Fsp3) is 0.400. The molecule has 0 aromatic carbocycles. The Kier molecular flexibility index (Phi) is 3.24. The van der Waals surface area contributed by atoms with Crippen LogP contribution in [0.4, 0.5) is 4.39 Å². The van der Waals surface area contributed by atoms with Crippen LogP contribution in [0, 0.1) is 0 Å². The highest BCUT2D eigenvalue weighted by Gasteiger charge is 2.16. The Balaban J connectivity index is 2.61. The van der Waals surface area contributed by atoms with Crippen molar-refractivity contribution in [2.45, 2.75) is 19.5 Å². The van der Waals surface area contributed by atoms with Gasteiger partial charge in [0, 0.05) is 12.3 Å². The van der Waals surface area contributed by atoms with Gasteiger partial charge >= 0.3 is 5.97 Å². The maximum Gasteiger partial charge on any atom is 0.337 e. The summed E-state index contributed by atoms with van der Waals surface area (Å²) in [5.41, 5.74) is -1.37. The number of halogens is 1. The first-order valence-corrected chi connectivity index (χ1v) is 4.39. The van der Waals surface area contributed by atoms with Gasteiger partial charge in [0.25, 0.3) is 0 Å². The fourth-order valence-corrected chi connectivity index (χ4v) is 0.838. The van der Waals surface area contributed by atoms with Gasteiger partial charge in [-0.15, -0.1) is 0 Å². The van der Waals surface area contributed by atoms with E-state index in [2.05, 4.69) is 4.98 Å². The molecule has 0 saturated heterocycles. The monoisotopic (exact) mass is 213 g/mol. The Morgan fingerprint density at radius 3 is 2.67 bits per heavy atom. The molecule has 1 N–H and O–H groups in total. The Morgan fingerprint density at radius 1 is 1.60 bits per heavy atom. The van der Waals surface area contributed by atoms with Gasteiger partial charge in [-0.25, -0.2) is 14.2 Å². The zero-order valence-electron chi connectivity index (χ0n) is 8.53. The molecule has 1 aromatic heterocycles. The summed E-state index contributed by atoms with van der Waals surface area (Å²) < 4.78 is 18.1. The SMILES string of the molecule is CC(C)(F)COc1ccc(C(=O)O)cn1. The molecule has 1 rings (SSSR count). The zero-order valence-corrected chi connectivity index (χ0v) is 8.53. The Hall–Kier alpha value is -1.65. The van der Waals surface area contributed by atoms with Crippen LogP contribution in [0.2, 0.25) is 0 Å². The van der Waals surface area contributed by atoms with Crippen molar-refractivity contribution in [3.8, 4) is 5.88 Å². The molecule has 0 aliphatic heterocycles. The highest BCUT2D eigenvalue weighted by Crippen LogP contribution is 2.13. The van der Waals surface area contributed by atoms with Crippen LogP contribution in [-0.4, -0.2) is 28.3 Å². The molecule has 4 nitrogen and oxygen atoms in total. The van der Waals surface area contributed by atoms with E-state index in [9.17, 15) is 9.18 Å². The molecule has 0 fully saturated rings. The minimum absolute atomic E-state index is 0.0712. The van der Waals surface area contributed by atoms with Crippen LogP contribution in [0.5, 0.6) is 5.88 Å². The van der Waals surface area contributed by atoms with E-state index < -0.39 is 11.6 Å². The molecule has 0 amide bonds. The van der Waals surface area contributed by atoms with Crippen molar-refractivity contribution in [2.75, 3.05) is 6.61 Å². The van der Waals surface area contributed by atoms with E-state index in [-0.39, 0.29) is 18.1 Å². The number of ether oxygens (including phenoxy) is 1. The molecule has 1 heterocycles. The molecule has 0 atom stereocenters. The lowest BCUT2D eigenvalue weighted by Crippen LogP contribution is -2.22. The van der Waals surface area contributed by atoms with E-state index in [1.807, 2.05) is 0 Å². The van der Waals surface area contributed by atoms with Crippen molar-refractivity contribution >= 4 is 5.97 Å². The minimum atomic E-state index is -1.44. The number of rotatable bonds is 4. The lowest BCUT2D eigenvalue weighted by Gasteiger charge is -2.14. The molecule has 0 unspecified atom stereocenters. The van der Waals surface area contributed by atoms with E-state index in [4.69, 9.17) is 9.84 Å². The van der Waals surface area contributed by atoms with E-state index >= 15 is 0 Å². The fourth-order valence-electron chi connectivity index (χ4n) is 0.838. The molecule has 0 saturated carbocycles. The third kappa shape index (κ3) is 3.93. The molecule has 0 aliphatic rings. The predicted molar refractivity (Wildman–Crippen MR) is 51.9 cm³/mol. The molecule has 5 heteroatoms.